The molecule has 2 N–H and O–H groups in total. The molecule has 1 heterocycles. The summed E-state index contributed by atoms with van der Waals surface area (Å²) in [5.41, 5.74) is 0.0216. The molecule has 0 fully saturated rings. The molecule has 0 radical (unpaired) electrons. The molecule has 2 rings (SSSR count). The highest BCUT2D eigenvalue weighted by atomic mass is 19.4. The fourth-order valence-corrected chi connectivity index (χ4v) is 2.06. The van der Waals surface area contributed by atoms with E-state index < -0.39 is 11.7 Å². The molecule has 25 heavy (non-hydrogen) atoms. The van der Waals surface area contributed by atoms with Crippen molar-refractivity contribution in [2.24, 2.45) is 0 Å². The summed E-state index contributed by atoms with van der Waals surface area (Å²) in [6, 6.07) is 4.53. The maximum atomic E-state index is 12.5. The minimum Gasteiger partial charge on any atom is -0.352 e. The number of hydrogen-bond donors (Lipinski definition) is 2. The lowest BCUT2D eigenvalue weighted by atomic mass is 10.2. The Hall–Kier alpha value is -2.64. The number of nitrogens with one attached hydrogen (secondary N) is 2. The number of anilines is 2. The van der Waals surface area contributed by atoms with Crippen LogP contribution in [0.25, 0.3) is 0 Å². The van der Waals surface area contributed by atoms with Gasteiger partial charge in [-0.2, -0.15) is 13.2 Å². The van der Waals surface area contributed by atoms with Crippen LogP contribution >= 0.6 is 0 Å². The van der Waals surface area contributed by atoms with E-state index in [-0.39, 0.29) is 11.9 Å². The number of alkyl halides is 3. The molecule has 0 spiro atoms. The number of nitrogens with zero attached hydrogens (tertiary/aromatic N) is 2. The van der Waals surface area contributed by atoms with Crippen molar-refractivity contribution in [1.82, 2.24) is 15.3 Å². The number of aromatic nitrogens is 2. The third-order valence-electron chi connectivity index (χ3n) is 3.45. The Labute approximate surface area is 143 Å². The third-order valence-corrected chi connectivity index (χ3v) is 3.45. The van der Waals surface area contributed by atoms with Crippen LogP contribution in [0.4, 0.5) is 24.8 Å². The maximum Gasteiger partial charge on any atom is 0.416 e. The second kappa shape index (κ2) is 8.46. The van der Waals surface area contributed by atoms with Crippen LogP contribution in [0, 0.1) is 0 Å². The molecule has 2 aromatic rings. The minimum absolute atomic E-state index is 0.197. The average Bonchev–Trinajstić information content (AvgIpc) is 2.59. The van der Waals surface area contributed by atoms with Crippen LogP contribution in [-0.4, -0.2) is 22.4 Å². The molecule has 0 aliphatic heterocycles. The molecule has 1 aromatic carbocycles. The molecule has 0 bridgehead atoms. The first-order valence-electron chi connectivity index (χ1n) is 7.94. The van der Waals surface area contributed by atoms with E-state index in [0.29, 0.717) is 17.8 Å². The fraction of sp³-hybridized carbons (Fsp3) is 0.353. The quantitative estimate of drug-likeness (QED) is 0.735. The second-order valence-electron chi connectivity index (χ2n) is 5.46. The summed E-state index contributed by atoms with van der Waals surface area (Å²) in [6.45, 7) is 2.68. The molecule has 1 amide bonds. The first-order chi connectivity index (χ1) is 11.9. The molecule has 0 saturated carbocycles. The van der Waals surface area contributed by atoms with E-state index in [1.54, 1.807) is 0 Å². The standard InChI is InChI=1S/C17H19F3N4O/c1-2-3-4-9-21-15(25)12-10-22-16(23-11-12)24-14-7-5-13(6-8-14)17(18,19)20/h5-8,10-11H,2-4,9H2,1H3,(H,21,25)(H,22,23,24). The lowest BCUT2D eigenvalue weighted by Crippen LogP contribution is -2.24. The average molecular weight is 352 g/mol. The van der Waals surface area contributed by atoms with Gasteiger partial charge in [0.2, 0.25) is 5.95 Å². The van der Waals surface area contributed by atoms with E-state index in [4.69, 9.17) is 0 Å². The zero-order valence-electron chi connectivity index (χ0n) is 13.7. The Bertz CT molecular complexity index is 685. The third kappa shape index (κ3) is 5.74. The van der Waals surface area contributed by atoms with Gasteiger partial charge in [0.15, 0.2) is 0 Å². The van der Waals surface area contributed by atoms with Gasteiger partial charge in [-0.3, -0.25) is 4.79 Å². The first kappa shape index (κ1) is 18.7. The number of unbranched alkanes of at least 4 members (excludes halogenated alkanes) is 2. The van der Waals surface area contributed by atoms with Crippen LogP contribution in [-0.2, 0) is 6.18 Å². The van der Waals surface area contributed by atoms with Crippen LogP contribution < -0.4 is 10.6 Å². The van der Waals surface area contributed by atoms with Crippen molar-refractivity contribution in [2.45, 2.75) is 32.4 Å². The minimum atomic E-state index is -4.37. The molecule has 8 heteroatoms. The largest absolute Gasteiger partial charge is 0.416 e. The van der Waals surface area contributed by atoms with E-state index in [2.05, 4.69) is 27.5 Å². The number of benzene rings is 1. The zero-order chi connectivity index (χ0) is 18.3. The summed E-state index contributed by atoms with van der Waals surface area (Å²) in [7, 11) is 0. The maximum absolute atomic E-state index is 12.5. The van der Waals surface area contributed by atoms with Crippen LogP contribution in [0.5, 0.6) is 0 Å². The van der Waals surface area contributed by atoms with Crippen molar-refractivity contribution in [2.75, 3.05) is 11.9 Å². The monoisotopic (exact) mass is 352 g/mol. The lowest BCUT2D eigenvalue weighted by molar-refractivity contribution is -0.137. The van der Waals surface area contributed by atoms with Crippen molar-refractivity contribution >= 4 is 17.5 Å². The Balaban J connectivity index is 1.92. The molecular weight excluding hydrogens is 333 g/mol. The Kier molecular flexibility index (Phi) is 6.32. The molecule has 5 nitrogen and oxygen atoms in total. The molecule has 0 unspecified atom stereocenters. The molecule has 0 aliphatic rings. The SMILES string of the molecule is CCCCCNC(=O)c1cnc(Nc2ccc(C(F)(F)F)cc2)nc1. The van der Waals surface area contributed by atoms with Gasteiger partial charge in [-0.15, -0.1) is 0 Å². The Morgan fingerprint density at radius 1 is 1.08 bits per heavy atom. The van der Waals surface area contributed by atoms with Gasteiger partial charge in [0.25, 0.3) is 5.91 Å². The summed E-state index contributed by atoms with van der Waals surface area (Å²) in [6.07, 6.45) is 1.40. The zero-order valence-corrected chi connectivity index (χ0v) is 13.7. The van der Waals surface area contributed by atoms with Crippen molar-refractivity contribution < 1.29 is 18.0 Å². The van der Waals surface area contributed by atoms with Crippen LogP contribution in [0.1, 0.15) is 42.1 Å². The van der Waals surface area contributed by atoms with Gasteiger partial charge in [-0.1, -0.05) is 19.8 Å². The highest BCUT2D eigenvalue weighted by Crippen LogP contribution is 2.30. The van der Waals surface area contributed by atoms with Crippen LogP contribution in [0.2, 0.25) is 0 Å². The first-order valence-corrected chi connectivity index (χ1v) is 7.94. The molecule has 0 atom stereocenters. The molecule has 134 valence electrons. The van der Waals surface area contributed by atoms with Gasteiger partial charge in [-0.05, 0) is 30.7 Å². The van der Waals surface area contributed by atoms with Crippen molar-refractivity contribution in [3.63, 3.8) is 0 Å². The van der Waals surface area contributed by atoms with Gasteiger partial charge in [-0.25, -0.2) is 9.97 Å². The Morgan fingerprint density at radius 2 is 1.72 bits per heavy atom. The van der Waals surface area contributed by atoms with Gasteiger partial charge in [0.1, 0.15) is 0 Å². The molecule has 0 saturated heterocycles. The molecule has 1 aromatic heterocycles. The second-order valence-corrected chi connectivity index (χ2v) is 5.46. The van der Waals surface area contributed by atoms with Gasteiger partial charge < -0.3 is 10.6 Å². The number of amides is 1. The smallest absolute Gasteiger partial charge is 0.352 e. The van der Waals surface area contributed by atoms with Gasteiger partial charge >= 0.3 is 6.18 Å². The lowest BCUT2D eigenvalue weighted by Gasteiger charge is -2.09. The normalized spacial score (nSPS) is 11.2. The summed E-state index contributed by atoms with van der Waals surface area (Å²) < 4.78 is 37.5. The fourth-order valence-electron chi connectivity index (χ4n) is 2.06. The summed E-state index contributed by atoms with van der Waals surface area (Å²) in [5.74, 6) is -0.0560. The number of halogens is 3. The van der Waals surface area contributed by atoms with Crippen molar-refractivity contribution in [3.8, 4) is 0 Å². The Morgan fingerprint density at radius 3 is 2.28 bits per heavy atom. The van der Waals surface area contributed by atoms with E-state index in [9.17, 15) is 18.0 Å². The number of carbonyl (C=O) groups is 1. The van der Waals surface area contributed by atoms with Gasteiger partial charge in [0.05, 0.1) is 11.1 Å². The number of carbonyl (C=O) groups excluding carboxylic acids is 1. The van der Waals surface area contributed by atoms with E-state index >= 15 is 0 Å². The van der Waals surface area contributed by atoms with Crippen molar-refractivity contribution in [3.05, 3.63) is 47.8 Å². The molecule has 0 aliphatic carbocycles. The molecular formula is C17H19F3N4O. The van der Waals surface area contributed by atoms with E-state index in [1.165, 1.54) is 24.5 Å². The topological polar surface area (TPSA) is 66.9 Å². The van der Waals surface area contributed by atoms with E-state index in [1.807, 2.05) is 0 Å². The van der Waals surface area contributed by atoms with Crippen LogP contribution in [0.15, 0.2) is 36.7 Å². The summed E-state index contributed by atoms with van der Waals surface area (Å²) >= 11 is 0. The highest BCUT2D eigenvalue weighted by molar-refractivity contribution is 5.93. The number of hydrogen-bond acceptors (Lipinski definition) is 4. The van der Waals surface area contributed by atoms with Gasteiger partial charge in [0, 0.05) is 24.6 Å². The predicted octanol–water partition coefficient (Wildman–Crippen LogP) is 4.16. The van der Waals surface area contributed by atoms with E-state index in [0.717, 1.165) is 31.4 Å². The van der Waals surface area contributed by atoms with Crippen LogP contribution in [0.3, 0.4) is 0 Å². The van der Waals surface area contributed by atoms with Crippen molar-refractivity contribution in [1.29, 1.82) is 0 Å². The number of rotatable bonds is 7. The summed E-state index contributed by atoms with van der Waals surface area (Å²) in [4.78, 5) is 19.9. The predicted molar refractivity (Wildman–Crippen MR) is 88.6 cm³/mol. The highest BCUT2D eigenvalue weighted by Gasteiger charge is 2.29. The summed E-state index contributed by atoms with van der Waals surface area (Å²) in [5, 5.41) is 5.56.